The third kappa shape index (κ3) is 5.74. The fourth-order valence-corrected chi connectivity index (χ4v) is 1.68. The molecule has 0 aliphatic rings. The van der Waals surface area contributed by atoms with E-state index < -0.39 is 47.4 Å². The van der Waals surface area contributed by atoms with Gasteiger partial charge in [-0.05, 0) is 24.6 Å². The van der Waals surface area contributed by atoms with Crippen molar-refractivity contribution in [2.24, 2.45) is 0 Å². The number of carbonyl (C=O) groups is 2. The maximum atomic E-state index is 12.7. The summed E-state index contributed by atoms with van der Waals surface area (Å²) in [6.45, 7) is 1.55. The Balaban J connectivity index is 3.01. The highest BCUT2D eigenvalue weighted by Crippen LogP contribution is 2.36. The van der Waals surface area contributed by atoms with Crippen LogP contribution in [-0.2, 0) is 17.1 Å². The number of halogens is 6. The smallest absolute Gasteiger partial charge is 0.355 e. The monoisotopic (exact) mass is 356 g/mol. The predicted octanol–water partition coefficient (Wildman–Crippen LogP) is 2.98. The van der Waals surface area contributed by atoms with Gasteiger partial charge in [0, 0.05) is 12.1 Å². The number of benzene rings is 1. The topological polar surface area (TPSA) is 58.2 Å². The number of carbonyl (C=O) groups excluding carboxylic acids is 2. The van der Waals surface area contributed by atoms with Crippen LogP contribution in [0.5, 0.6) is 0 Å². The zero-order valence-electron chi connectivity index (χ0n) is 12.4. The van der Waals surface area contributed by atoms with Gasteiger partial charge in [-0.25, -0.2) is 0 Å². The van der Waals surface area contributed by atoms with E-state index in [4.69, 9.17) is 0 Å². The van der Waals surface area contributed by atoms with Gasteiger partial charge in [0.1, 0.15) is 0 Å². The van der Waals surface area contributed by atoms with Gasteiger partial charge >= 0.3 is 12.4 Å². The van der Waals surface area contributed by atoms with E-state index >= 15 is 0 Å². The van der Waals surface area contributed by atoms with Gasteiger partial charge in [-0.1, -0.05) is 6.92 Å². The fraction of sp³-hybridized carbons (Fsp3) is 0.429. The van der Waals surface area contributed by atoms with Crippen LogP contribution >= 0.6 is 0 Å². The average molecular weight is 356 g/mol. The molecule has 0 radical (unpaired) electrons. The molecule has 0 unspecified atom stereocenters. The van der Waals surface area contributed by atoms with Crippen molar-refractivity contribution in [2.45, 2.75) is 25.7 Å². The van der Waals surface area contributed by atoms with Crippen LogP contribution in [0.1, 0.15) is 34.8 Å². The lowest BCUT2D eigenvalue weighted by Gasteiger charge is -2.14. The molecule has 0 atom stereocenters. The quantitative estimate of drug-likeness (QED) is 0.797. The first-order valence-electron chi connectivity index (χ1n) is 6.79. The number of hydrogen-bond donors (Lipinski definition) is 2. The minimum absolute atomic E-state index is 0.0786. The lowest BCUT2D eigenvalue weighted by atomic mass is 10.0. The van der Waals surface area contributed by atoms with Crippen molar-refractivity contribution in [3.63, 3.8) is 0 Å². The molecule has 134 valence electrons. The van der Waals surface area contributed by atoms with Crippen LogP contribution in [0.15, 0.2) is 18.2 Å². The summed E-state index contributed by atoms with van der Waals surface area (Å²) in [7, 11) is 0. The van der Waals surface area contributed by atoms with Crippen molar-refractivity contribution in [1.29, 1.82) is 0 Å². The van der Waals surface area contributed by atoms with E-state index in [0.29, 0.717) is 25.1 Å². The fourth-order valence-electron chi connectivity index (χ4n) is 1.68. The second-order valence-corrected chi connectivity index (χ2v) is 4.83. The minimum atomic E-state index is -5.05. The SMILES string of the molecule is CCCNC(=O)CNC(=O)c1cc(C(F)(F)F)cc(C(F)(F)F)c1. The number of amides is 2. The molecule has 0 saturated heterocycles. The predicted molar refractivity (Wildman–Crippen MR) is 72.1 cm³/mol. The normalized spacial score (nSPS) is 12.0. The van der Waals surface area contributed by atoms with E-state index in [1.54, 1.807) is 6.92 Å². The first kappa shape index (κ1) is 19.8. The summed E-state index contributed by atoms with van der Waals surface area (Å²) >= 11 is 0. The van der Waals surface area contributed by atoms with E-state index in [2.05, 4.69) is 5.32 Å². The van der Waals surface area contributed by atoms with Crippen LogP contribution < -0.4 is 10.6 Å². The van der Waals surface area contributed by atoms with Crippen molar-refractivity contribution in [3.8, 4) is 0 Å². The zero-order valence-corrected chi connectivity index (χ0v) is 12.4. The molecule has 0 aromatic heterocycles. The number of rotatable bonds is 5. The van der Waals surface area contributed by atoms with E-state index in [1.165, 1.54) is 0 Å². The largest absolute Gasteiger partial charge is 0.416 e. The lowest BCUT2D eigenvalue weighted by Crippen LogP contribution is -2.37. The molecule has 0 heterocycles. The Bertz CT molecular complexity index is 578. The Hall–Kier alpha value is -2.26. The Morgan fingerprint density at radius 2 is 1.42 bits per heavy atom. The van der Waals surface area contributed by atoms with Gasteiger partial charge in [0.2, 0.25) is 5.91 Å². The number of alkyl halides is 6. The van der Waals surface area contributed by atoms with Crippen LogP contribution in [0, 0.1) is 0 Å². The van der Waals surface area contributed by atoms with E-state index in [0.717, 1.165) is 0 Å². The van der Waals surface area contributed by atoms with Gasteiger partial charge in [0.15, 0.2) is 0 Å². The lowest BCUT2D eigenvalue weighted by molar-refractivity contribution is -0.143. The van der Waals surface area contributed by atoms with Crippen LogP contribution in [0.25, 0.3) is 0 Å². The molecular formula is C14H14F6N2O2. The molecule has 0 saturated carbocycles. The molecule has 24 heavy (non-hydrogen) atoms. The van der Waals surface area contributed by atoms with Gasteiger partial charge in [-0.15, -0.1) is 0 Å². The molecule has 0 spiro atoms. The molecule has 1 aromatic carbocycles. The van der Waals surface area contributed by atoms with Gasteiger partial charge in [0.05, 0.1) is 17.7 Å². The summed E-state index contributed by atoms with van der Waals surface area (Å²) in [5.74, 6) is -1.81. The van der Waals surface area contributed by atoms with Crippen LogP contribution in [0.3, 0.4) is 0 Å². The van der Waals surface area contributed by atoms with Crippen molar-refractivity contribution >= 4 is 11.8 Å². The molecule has 0 aliphatic carbocycles. The molecule has 0 fully saturated rings. The van der Waals surface area contributed by atoms with Crippen molar-refractivity contribution in [1.82, 2.24) is 10.6 Å². The zero-order chi connectivity index (χ0) is 18.5. The molecule has 0 aliphatic heterocycles. The average Bonchev–Trinajstić information content (AvgIpc) is 2.48. The Labute approximate surface area is 133 Å². The molecule has 2 N–H and O–H groups in total. The van der Waals surface area contributed by atoms with E-state index in [9.17, 15) is 35.9 Å². The minimum Gasteiger partial charge on any atom is -0.355 e. The standard InChI is InChI=1S/C14H14F6N2O2/c1-2-3-21-11(23)7-22-12(24)8-4-9(13(15,16)17)6-10(5-8)14(18,19)20/h4-6H,2-3,7H2,1H3,(H,21,23)(H,22,24). The van der Waals surface area contributed by atoms with E-state index in [1.807, 2.05) is 5.32 Å². The second-order valence-electron chi connectivity index (χ2n) is 4.83. The highest BCUT2D eigenvalue weighted by atomic mass is 19.4. The number of hydrogen-bond acceptors (Lipinski definition) is 2. The second kappa shape index (κ2) is 7.54. The highest BCUT2D eigenvalue weighted by molar-refractivity contribution is 5.96. The third-order valence-corrected chi connectivity index (χ3v) is 2.83. The summed E-state index contributed by atoms with van der Waals surface area (Å²) in [5.41, 5.74) is -4.03. The Morgan fingerprint density at radius 1 is 0.917 bits per heavy atom. The molecule has 10 heteroatoms. The summed E-state index contributed by atoms with van der Waals surface area (Å²) in [6, 6.07) is 0.522. The molecular weight excluding hydrogens is 342 g/mol. The first-order chi connectivity index (χ1) is 10.9. The van der Waals surface area contributed by atoms with Gasteiger partial charge < -0.3 is 10.6 Å². The van der Waals surface area contributed by atoms with E-state index in [-0.39, 0.29) is 6.07 Å². The number of nitrogens with one attached hydrogen (secondary N) is 2. The Kier molecular flexibility index (Phi) is 6.22. The van der Waals surface area contributed by atoms with Crippen molar-refractivity contribution in [3.05, 3.63) is 34.9 Å². The molecule has 0 bridgehead atoms. The van der Waals surface area contributed by atoms with Gasteiger partial charge in [0.25, 0.3) is 5.91 Å². The van der Waals surface area contributed by atoms with Crippen LogP contribution in [0.4, 0.5) is 26.3 Å². The van der Waals surface area contributed by atoms with Crippen LogP contribution in [-0.4, -0.2) is 24.9 Å². The van der Waals surface area contributed by atoms with Gasteiger partial charge in [-0.3, -0.25) is 9.59 Å². The third-order valence-electron chi connectivity index (χ3n) is 2.83. The maximum Gasteiger partial charge on any atom is 0.416 e. The summed E-state index contributed by atoms with van der Waals surface area (Å²) in [4.78, 5) is 23.1. The summed E-state index contributed by atoms with van der Waals surface area (Å²) in [5, 5.41) is 4.38. The van der Waals surface area contributed by atoms with Gasteiger partial charge in [-0.2, -0.15) is 26.3 Å². The molecule has 4 nitrogen and oxygen atoms in total. The Morgan fingerprint density at radius 3 is 1.83 bits per heavy atom. The van der Waals surface area contributed by atoms with Crippen molar-refractivity contribution < 1.29 is 35.9 Å². The van der Waals surface area contributed by atoms with Crippen molar-refractivity contribution in [2.75, 3.05) is 13.1 Å². The highest BCUT2D eigenvalue weighted by Gasteiger charge is 2.37. The summed E-state index contributed by atoms with van der Waals surface area (Å²) in [6.07, 6.45) is -9.47. The maximum absolute atomic E-state index is 12.7. The summed E-state index contributed by atoms with van der Waals surface area (Å²) < 4.78 is 76.1. The van der Waals surface area contributed by atoms with Crippen LogP contribution in [0.2, 0.25) is 0 Å². The molecule has 1 aromatic rings. The molecule has 1 rings (SSSR count). The molecule has 2 amide bonds. The first-order valence-corrected chi connectivity index (χ1v) is 6.79.